The lowest BCUT2D eigenvalue weighted by molar-refractivity contribution is 0.0752. The molecule has 3 aromatic rings. The largest absolute Gasteiger partial charge is 0.493 e. The summed E-state index contributed by atoms with van der Waals surface area (Å²) in [4.78, 5) is 22.8. The molecule has 0 N–H and O–H groups in total. The zero-order chi connectivity index (χ0) is 23.0. The fourth-order valence-corrected chi connectivity index (χ4v) is 4.31. The number of rotatable bonds is 9. The van der Waals surface area contributed by atoms with Gasteiger partial charge in [0.1, 0.15) is 12.4 Å². The molecule has 174 valence electrons. The average Bonchev–Trinajstić information content (AvgIpc) is 3.40. The van der Waals surface area contributed by atoms with Crippen LogP contribution in [0.1, 0.15) is 27.7 Å². The highest BCUT2D eigenvalue weighted by molar-refractivity contribution is 7.09. The van der Waals surface area contributed by atoms with Crippen molar-refractivity contribution in [3.63, 3.8) is 0 Å². The molecule has 3 heterocycles. The number of carbonyl (C=O) groups is 1. The summed E-state index contributed by atoms with van der Waals surface area (Å²) in [6, 6.07) is 13.6. The molecule has 0 saturated carbocycles. The van der Waals surface area contributed by atoms with E-state index in [1.165, 1.54) is 0 Å². The highest BCUT2D eigenvalue weighted by atomic mass is 32.1. The third-order valence-electron chi connectivity index (χ3n) is 5.55. The monoisotopic (exact) mass is 467 g/mol. The zero-order valence-corrected chi connectivity index (χ0v) is 19.8. The summed E-state index contributed by atoms with van der Waals surface area (Å²) in [5.41, 5.74) is 1.56. The van der Waals surface area contributed by atoms with Crippen molar-refractivity contribution in [2.24, 2.45) is 0 Å². The molecule has 1 saturated heterocycles. The lowest BCUT2D eigenvalue weighted by atomic mass is 10.1. The van der Waals surface area contributed by atoms with E-state index >= 15 is 0 Å². The normalized spacial score (nSPS) is 13.6. The van der Waals surface area contributed by atoms with Gasteiger partial charge in [0.05, 0.1) is 25.9 Å². The maximum absolute atomic E-state index is 13.1. The van der Waals surface area contributed by atoms with E-state index in [9.17, 15) is 4.79 Å². The molecular weight excluding hydrogens is 438 g/mol. The molecule has 1 amide bonds. The number of carbonyl (C=O) groups excluding carboxylic acids is 1. The van der Waals surface area contributed by atoms with Crippen LogP contribution in [0.25, 0.3) is 0 Å². The van der Waals surface area contributed by atoms with Gasteiger partial charge in [-0.15, -0.1) is 11.3 Å². The van der Waals surface area contributed by atoms with Gasteiger partial charge in [-0.25, -0.2) is 4.98 Å². The first-order valence-electron chi connectivity index (χ1n) is 11.1. The van der Waals surface area contributed by atoms with Gasteiger partial charge in [-0.2, -0.15) is 0 Å². The SMILES string of the molecule is CCN(Cc1ccc(OCc2cccs2)c(OC)c1)C(=O)c1ccc(N2CCOCC2)nc1. The van der Waals surface area contributed by atoms with Gasteiger partial charge < -0.3 is 24.0 Å². The van der Waals surface area contributed by atoms with Crippen molar-refractivity contribution in [1.82, 2.24) is 9.88 Å². The van der Waals surface area contributed by atoms with Gasteiger partial charge in [0.2, 0.25) is 0 Å². The van der Waals surface area contributed by atoms with Crippen molar-refractivity contribution in [2.45, 2.75) is 20.1 Å². The number of nitrogens with zero attached hydrogens (tertiary/aromatic N) is 3. The number of anilines is 1. The second kappa shape index (κ2) is 11.2. The minimum Gasteiger partial charge on any atom is -0.493 e. The standard InChI is InChI=1S/C25H29N3O4S/c1-3-27(25(29)20-7-9-24(26-16-20)28-10-12-31-13-11-28)17-19-6-8-22(23(15-19)30-2)32-18-21-5-4-14-33-21/h4-9,14-16H,3,10-13,17-18H2,1-2H3. The maximum atomic E-state index is 13.1. The Kier molecular flexibility index (Phi) is 7.80. The molecule has 0 atom stereocenters. The zero-order valence-electron chi connectivity index (χ0n) is 19.0. The smallest absolute Gasteiger partial charge is 0.255 e. The highest BCUT2D eigenvalue weighted by Gasteiger charge is 2.18. The Morgan fingerprint density at radius 2 is 2.03 bits per heavy atom. The molecule has 0 unspecified atom stereocenters. The van der Waals surface area contributed by atoms with Crippen LogP contribution >= 0.6 is 11.3 Å². The van der Waals surface area contributed by atoms with E-state index in [2.05, 4.69) is 9.88 Å². The van der Waals surface area contributed by atoms with Crippen molar-refractivity contribution in [1.29, 1.82) is 0 Å². The van der Waals surface area contributed by atoms with Crippen LogP contribution in [-0.4, -0.2) is 55.7 Å². The Balaban J connectivity index is 1.41. The predicted molar refractivity (Wildman–Crippen MR) is 129 cm³/mol. The molecule has 1 fully saturated rings. The van der Waals surface area contributed by atoms with Crippen LogP contribution in [0.4, 0.5) is 5.82 Å². The minimum absolute atomic E-state index is 0.0458. The third kappa shape index (κ3) is 5.83. The summed E-state index contributed by atoms with van der Waals surface area (Å²) >= 11 is 1.66. The highest BCUT2D eigenvalue weighted by Crippen LogP contribution is 2.30. The van der Waals surface area contributed by atoms with Crippen LogP contribution in [0.15, 0.2) is 54.0 Å². The first-order valence-corrected chi connectivity index (χ1v) is 12.0. The topological polar surface area (TPSA) is 64.1 Å². The van der Waals surface area contributed by atoms with E-state index in [0.29, 0.717) is 50.0 Å². The Labute approximate surface area is 198 Å². The Morgan fingerprint density at radius 3 is 2.70 bits per heavy atom. The first-order chi connectivity index (χ1) is 16.2. The molecule has 0 bridgehead atoms. The van der Waals surface area contributed by atoms with Gasteiger partial charge in [-0.05, 0) is 48.2 Å². The Hall–Kier alpha value is -3.10. The molecule has 0 spiro atoms. The maximum Gasteiger partial charge on any atom is 0.255 e. The van der Waals surface area contributed by atoms with Gasteiger partial charge in [0, 0.05) is 37.3 Å². The molecule has 0 radical (unpaired) electrons. The van der Waals surface area contributed by atoms with E-state index in [-0.39, 0.29) is 5.91 Å². The minimum atomic E-state index is -0.0458. The molecule has 1 aliphatic heterocycles. The number of morpholine rings is 1. The number of thiophene rings is 1. The number of hydrogen-bond acceptors (Lipinski definition) is 7. The van der Waals surface area contributed by atoms with Crippen molar-refractivity contribution >= 4 is 23.1 Å². The number of benzene rings is 1. The second-order valence-electron chi connectivity index (χ2n) is 7.68. The van der Waals surface area contributed by atoms with Crippen LogP contribution in [0.2, 0.25) is 0 Å². The van der Waals surface area contributed by atoms with Crippen molar-refractivity contribution in [3.8, 4) is 11.5 Å². The molecule has 1 aromatic carbocycles. The van der Waals surface area contributed by atoms with Gasteiger partial charge in [-0.1, -0.05) is 12.1 Å². The van der Waals surface area contributed by atoms with Gasteiger partial charge in [0.25, 0.3) is 5.91 Å². The lowest BCUT2D eigenvalue weighted by Gasteiger charge is -2.28. The van der Waals surface area contributed by atoms with Crippen molar-refractivity contribution < 1.29 is 19.0 Å². The van der Waals surface area contributed by atoms with Gasteiger partial charge >= 0.3 is 0 Å². The molecule has 33 heavy (non-hydrogen) atoms. The fourth-order valence-electron chi connectivity index (χ4n) is 3.70. The molecule has 4 rings (SSSR count). The summed E-state index contributed by atoms with van der Waals surface area (Å²) < 4.78 is 16.9. The van der Waals surface area contributed by atoms with Crippen LogP contribution in [0.3, 0.4) is 0 Å². The summed E-state index contributed by atoms with van der Waals surface area (Å²) in [5, 5.41) is 2.03. The summed E-state index contributed by atoms with van der Waals surface area (Å²) in [7, 11) is 1.63. The van der Waals surface area contributed by atoms with Gasteiger partial charge in [0.15, 0.2) is 11.5 Å². The fraction of sp³-hybridized carbons (Fsp3) is 0.360. The Morgan fingerprint density at radius 1 is 1.18 bits per heavy atom. The molecular formula is C25H29N3O4S. The molecule has 1 aliphatic rings. The Bertz CT molecular complexity index is 1030. The van der Waals surface area contributed by atoms with Crippen LogP contribution < -0.4 is 14.4 Å². The summed E-state index contributed by atoms with van der Waals surface area (Å²) in [5.74, 6) is 2.17. The van der Waals surface area contributed by atoms with Crippen LogP contribution in [0.5, 0.6) is 11.5 Å². The molecule has 8 heteroatoms. The summed E-state index contributed by atoms with van der Waals surface area (Å²) in [6.07, 6.45) is 1.66. The molecule has 2 aromatic heterocycles. The van der Waals surface area contributed by atoms with Crippen LogP contribution in [0, 0.1) is 0 Å². The van der Waals surface area contributed by atoms with Crippen molar-refractivity contribution in [2.75, 3.05) is 44.9 Å². The first kappa shape index (κ1) is 23.1. The van der Waals surface area contributed by atoms with E-state index in [4.69, 9.17) is 14.2 Å². The predicted octanol–water partition coefficient (Wildman–Crippen LogP) is 4.23. The number of amides is 1. The lowest BCUT2D eigenvalue weighted by Crippen LogP contribution is -2.36. The number of ether oxygens (including phenoxy) is 3. The van der Waals surface area contributed by atoms with E-state index in [1.807, 2.05) is 54.8 Å². The van der Waals surface area contributed by atoms with Crippen LogP contribution in [-0.2, 0) is 17.9 Å². The quantitative estimate of drug-likeness (QED) is 0.469. The summed E-state index contributed by atoms with van der Waals surface area (Å²) in [6.45, 7) is 6.57. The van der Waals surface area contributed by atoms with E-state index < -0.39 is 0 Å². The number of pyridine rings is 1. The molecule has 7 nitrogen and oxygen atoms in total. The van der Waals surface area contributed by atoms with Crippen molar-refractivity contribution in [3.05, 3.63) is 70.0 Å². The average molecular weight is 468 g/mol. The number of aromatic nitrogens is 1. The third-order valence-corrected chi connectivity index (χ3v) is 6.40. The van der Waals surface area contributed by atoms with E-state index in [0.717, 1.165) is 29.3 Å². The molecule has 0 aliphatic carbocycles. The van der Waals surface area contributed by atoms with Gasteiger partial charge in [-0.3, -0.25) is 4.79 Å². The van der Waals surface area contributed by atoms with E-state index in [1.54, 1.807) is 29.5 Å². The second-order valence-corrected chi connectivity index (χ2v) is 8.71. The number of methoxy groups -OCH3 is 1. The number of hydrogen-bond donors (Lipinski definition) is 0.